The Morgan fingerprint density at radius 3 is 2.37 bits per heavy atom. The number of hydrogen-bond acceptors (Lipinski definition) is 1. The molecule has 3 heteroatoms. The highest BCUT2D eigenvalue weighted by atomic mass is 19.1. The second-order valence-electron chi connectivity index (χ2n) is 4.57. The Labute approximate surface area is 112 Å². The lowest BCUT2D eigenvalue weighted by atomic mass is 9.96. The van der Waals surface area contributed by atoms with E-state index in [0.717, 1.165) is 11.1 Å². The molecule has 0 saturated carbocycles. The average Bonchev–Trinajstić information content (AvgIpc) is 2.40. The fourth-order valence-corrected chi connectivity index (χ4v) is 2.15. The Kier molecular flexibility index (Phi) is 4.27. The van der Waals surface area contributed by atoms with E-state index in [1.165, 1.54) is 18.2 Å². The molecule has 0 aliphatic heterocycles. The summed E-state index contributed by atoms with van der Waals surface area (Å²) in [6.07, 6.45) is 0. The maximum Gasteiger partial charge on any atom is 0.128 e. The highest BCUT2D eigenvalue weighted by Gasteiger charge is 2.17. The van der Waals surface area contributed by atoms with Crippen LogP contribution in [-0.4, -0.2) is 6.54 Å². The summed E-state index contributed by atoms with van der Waals surface area (Å²) in [5.74, 6) is -0.537. The van der Waals surface area contributed by atoms with E-state index in [2.05, 4.69) is 5.32 Å². The number of nitrogens with one attached hydrogen (secondary N) is 1. The maximum absolute atomic E-state index is 14.0. The Morgan fingerprint density at radius 2 is 1.74 bits per heavy atom. The smallest absolute Gasteiger partial charge is 0.128 e. The van der Waals surface area contributed by atoms with Crippen LogP contribution in [-0.2, 0) is 0 Å². The van der Waals surface area contributed by atoms with Gasteiger partial charge in [0.2, 0.25) is 0 Å². The van der Waals surface area contributed by atoms with Gasteiger partial charge >= 0.3 is 0 Å². The Bertz CT molecular complexity index is 549. The first-order valence-corrected chi connectivity index (χ1v) is 6.36. The molecule has 1 nitrogen and oxygen atoms in total. The Morgan fingerprint density at radius 1 is 1.05 bits per heavy atom. The van der Waals surface area contributed by atoms with Crippen molar-refractivity contribution in [2.45, 2.75) is 19.9 Å². The van der Waals surface area contributed by atoms with Crippen molar-refractivity contribution < 1.29 is 8.78 Å². The van der Waals surface area contributed by atoms with E-state index in [0.29, 0.717) is 12.1 Å². The van der Waals surface area contributed by atoms with Crippen LogP contribution in [0, 0.1) is 18.6 Å². The molecule has 2 aromatic rings. The third-order valence-corrected chi connectivity index (χ3v) is 3.07. The fraction of sp³-hybridized carbons (Fsp3) is 0.250. The van der Waals surface area contributed by atoms with Crippen LogP contribution >= 0.6 is 0 Å². The second-order valence-corrected chi connectivity index (χ2v) is 4.57. The highest BCUT2D eigenvalue weighted by Crippen LogP contribution is 2.25. The molecule has 0 heterocycles. The predicted molar refractivity (Wildman–Crippen MR) is 73.1 cm³/mol. The molecule has 0 aliphatic rings. The summed E-state index contributed by atoms with van der Waals surface area (Å²) in [7, 11) is 0. The molecule has 1 atom stereocenters. The van der Waals surface area contributed by atoms with Gasteiger partial charge in [0.1, 0.15) is 11.6 Å². The van der Waals surface area contributed by atoms with E-state index >= 15 is 0 Å². The Balaban J connectivity index is 2.44. The van der Waals surface area contributed by atoms with Gasteiger partial charge in [0.05, 0.1) is 6.04 Å². The van der Waals surface area contributed by atoms with Crippen molar-refractivity contribution in [2.75, 3.05) is 6.54 Å². The van der Waals surface area contributed by atoms with Gasteiger partial charge in [0, 0.05) is 5.56 Å². The second kappa shape index (κ2) is 5.93. The van der Waals surface area contributed by atoms with E-state index < -0.39 is 0 Å². The number of halogens is 2. The predicted octanol–water partition coefficient (Wildman–Crippen LogP) is 3.97. The van der Waals surface area contributed by atoms with Gasteiger partial charge in [-0.1, -0.05) is 36.8 Å². The van der Waals surface area contributed by atoms with Gasteiger partial charge in [-0.2, -0.15) is 0 Å². The van der Waals surface area contributed by atoms with E-state index in [1.54, 1.807) is 18.2 Å². The summed E-state index contributed by atoms with van der Waals surface area (Å²) >= 11 is 0. The minimum absolute atomic E-state index is 0.249. The zero-order valence-electron chi connectivity index (χ0n) is 11.1. The summed E-state index contributed by atoms with van der Waals surface area (Å²) in [4.78, 5) is 0. The molecule has 0 bridgehead atoms. The maximum atomic E-state index is 14.0. The molecule has 0 aromatic heterocycles. The zero-order valence-corrected chi connectivity index (χ0v) is 11.1. The van der Waals surface area contributed by atoms with Crippen LogP contribution in [0.2, 0.25) is 0 Å². The van der Waals surface area contributed by atoms with Crippen molar-refractivity contribution >= 4 is 0 Å². The van der Waals surface area contributed by atoms with Gasteiger partial charge in [0.25, 0.3) is 0 Å². The summed E-state index contributed by atoms with van der Waals surface area (Å²) < 4.78 is 27.0. The van der Waals surface area contributed by atoms with Crippen LogP contribution in [0.5, 0.6) is 0 Å². The van der Waals surface area contributed by atoms with Crippen LogP contribution in [0.25, 0.3) is 0 Å². The molecular formula is C16H17F2N. The molecule has 2 aromatic carbocycles. The number of benzene rings is 2. The van der Waals surface area contributed by atoms with Crippen molar-refractivity contribution in [3.8, 4) is 0 Å². The fourth-order valence-electron chi connectivity index (χ4n) is 2.15. The van der Waals surface area contributed by atoms with E-state index in [4.69, 9.17) is 0 Å². The summed E-state index contributed by atoms with van der Waals surface area (Å²) in [5, 5.41) is 3.24. The first-order valence-electron chi connectivity index (χ1n) is 6.36. The first kappa shape index (κ1) is 13.7. The summed E-state index contributed by atoms with van der Waals surface area (Å²) in [6, 6.07) is 10.9. The molecule has 1 unspecified atom stereocenters. The molecule has 0 saturated heterocycles. The summed E-state index contributed by atoms with van der Waals surface area (Å²) in [6.45, 7) is 4.59. The third-order valence-electron chi connectivity index (χ3n) is 3.07. The lowest BCUT2D eigenvalue weighted by Gasteiger charge is -2.20. The summed E-state index contributed by atoms with van der Waals surface area (Å²) in [5.41, 5.74) is 2.45. The van der Waals surface area contributed by atoms with Crippen LogP contribution in [0.1, 0.15) is 29.7 Å². The van der Waals surface area contributed by atoms with Gasteiger partial charge < -0.3 is 5.32 Å². The average molecular weight is 261 g/mol. The monoisotopic (exact) mass is 261 g/mol. The lowest BCUT2D eigenvalue weighted by Crippen LogP contribution is -2.23. The normalized spacial score (nSPS) is 12.4. The van der Waals surface area contributed by atoms with E-state index in [9.17, 15) is 8.78 Å². The molecule has 0 aliphatic carbocycles. The molecule has 100 valence electrons. The topological polar surface area (TPSA) is 12.0 Å². The molecule has 1 N–H and O–H groups in total. The van der Waals surface area contributed by atoms with E-state index in [-0.39, 0.29) is 17.7 Å². The molecule has 0 amide bonds. The van der Waals surface area contributed by atoms with Crippen molar-refractivity contribution in [2.24, 2.45) is 0 Å². The minimum atomic E-state index is -0.288. The quantitative estimate of drug-likeness (QED) is 0.878. The Hall–Kier alpha value is -1.74. The molecule has 2 rings (SSSR count). The standard InChI is InChI=1S/C16H17F2N/c1-3-19-16(12-5-7-13(17)8-6-12)14-10-11(2)4-9-15(14)18/h4-10,16,19H,3H2,1-2H3. The van der Waals surface area contributed by atoms with Crippen molar-refractivity contribution in [3.05, 3.63) is 70.8 Å². The SMILES string of the molecule is CCNC(c1ccc(F)cc1)c1cc(C)ccc1F. The van der Waals surface area contributed by atoms with Gasteiger partial charge in [0.15, 0.2) is 0 Å². The van der Waals surface area contributed by atoms with Gasteiger partial charge in [-0.25, -0.2) is 8.78 Å². The molecular weight excluding hydrogens is 244 g/mol. The zero-order chi connectivity index (χ0) is 13.8. The van der Waals surface area contributed by atoms with Crippen molar-refractivity contribution in [1.29, 1.82) is 0 Å². The number of rotatable bonds is 4. The van der Waals surface area contributed by atoms with Crippen LogP contribution < -0.4 is 5.32 Å². The number of hydrogen-bond donors (Lipinski definition) is 1. The molecule has 0 radical (unpaired) electrons. The van der Waals surface area contributed by atoms with Crippen LogP contribution in [0.3, 0.4) is 0 Å². The third kappa shape index (κ3) is 3.18. The van der Waals surface area contributed by atoms with Crippen molar-refractivity contribution in [1.82, 2.24) is 5.32 Å². The van der Waals surface area contributed by atoms with Gasteiger partial charge in [-0.15, -0.1) is 0 Å². The van der Waals surface area contributed by atoms with Gasteiger partial charge in [-0.05, 0) is 37.2 Å². The van der Waals surface area contributed by atoms with E-state index in [1.807, 2.05) is 19.9 Å². The molecule has 0 fully saturated rings. The van der Waals surface area contributed by atoms with Crippen LogP contribution in [0.4, 0.5) is 8.78 Å². The molecule has 19 heavy (non-hydrogen) atoms. The number of aryl methyl sites for hydroxylation is 1. The lowest BCUT2D eigenvalue weighted by molar-refractivity contribution is 0.557. The molecule has 0 spiro atoms. The van der Waals surface area contributed by atoms with Crippen molar-refractivity contribution in [3.63, 3.8) is 0 Å². The largest absolute Gasteiger partial charge is 0.306 e. The van der Waals surface area contributed by atoms with Gasteiger partial charge in [-0.3, -0.25) is 0 Å². The minimum Gasteiger partial charge on any atom is -0.306 e. The highest BCUT2D eigenvalue weighted by molar-refractivity contribution is 5.35. The first-order chi connectivity index (χ1) is 9.11. The van der Waals surface area contributed by atoms with Crippen LogP contribution in [0.15, 0.2) is 42.5 Å².